The van der Waals surface area contributed by atoms with E-state index < -0.39 is 16.1 Å². The van der Waals surface area contributed by atoms with E-state index in [2.05, 4.69) is 15.0 Å². The monoisotopic (exact) mass is 338 g/mol. The molecule has 1 amide bonds. The highest BCUT2D eigenvalue weighted by atomic mass is 32.2. The Kier molecular flexibility index (Phi) is 4.12. The van der Waals surface area contributed by atoms with Crippen LogP contribution in [0, 0.1) is 5.92 Å². The number of aliphatic imine (C=N–C) groups is 1. The van der Waals surface area contributed by atoms with Crippen molar-refractivity contribution in [1.82, 2.24) is 9.62 Å². The third kappa shape index (κ3) is 3.39. The second-order valence-corrected chi connectivity index (χ2v) is 7.28. The number of nitrogens with one attached hydrogen (secondary N) is 2. The maximum atomic E-state index is 12.1. The van der Waals surface area contributed by atoms with Crippen molar-refractivity contribution in [3.63, 3.8) is 0 Å². The summed E-state index contributed by atoms with van der Waals surface area (Å²) >= 11 is 0. The van der Waals surface area contributed by atoms with Crippen molar-refractivity contribution in [3.8, 4) is 0 Å². The Morgan fingerprint density at radius 1 is 1.30 bits per heavy atom. The van der Waals surface area contributed by atoms with Gasteiger partial charge in [-0.25, -0.2) is 17.9 Å². The van der Waals surface area contributed by atoms with E-state index in [1.165, 1.54) is 11.0 Å². The number of fused-ring (bicyclic) bond motifs is 1. The minimum absolute atomic E-state index is 0.203. The predicted molar refractivity (Wildman–Crippen MR) is 85.0 cm³/mol. The Hall–Kier alpha value is -2.29. The normalized spacial score (nSPS) is 22.1. The predicted octanol–water partition coefficient (Wildman–Crippen LogP) is 1.14. The van der Waals surface area contributed by atoms with Crippen LogP contribution in [0.4, 0.5) is 10.5 Å². The van der Waals surface area contributed by atoms with Crippen LogP contribution in [0.15, 0.2) is 34.2 Å². The standard InChI is InChI=1S/C14H18N4O4S/c19-14(20)18-7-5-10(6-8-18)9-15-13-16-11-3-1-2-4-12(11)23(21,22)17-13/h1-4,10H,5-9H2,(H,19,20)(H2,15,16,17). The average molecular weight is 338 g/mol. The Morgan fingerprint density at radius 2 is 2.00 bits per heavy atom. The van der Waals surface area contributed by atoms with Gasteiger partial charge < -0.3 is 15.3 Å². The van der Waals surface area contributed by atoms with Crippen molar-refractivity contribution in [2.45, 2.75) is 17.7 Å². The fourth-order valence-electron chi connectivity index (χ4n) is 2.74. The molecule has 1 saturated heterocycles. The Morgan fingerprint density at radius 3 is 2.70 bits per heavy atom. The van der Waals surface area contributed by atoms with Gasteiger partial charge in [0.05, 0.1) is 5.69 Å². The average Bonchev–Trinajstić information content (AvgIpc) is 2.53. The molecule has 9 heteroatoms. The lowest BCUT2D eigenvalue weighted by Gasteiger charge is -2.29. The van der Waals surface area contributed by atoms with Gasteiger partial charge in [-0.15, -0.1) is 0 Å². The fourth-order valence-corrected chi connectivity index (χ4v) is 3.88. The summed E-state index contributed by atoms with van der Waals surface area (Å²) in [5.41, 5.74) is 0.505. The quantitative estimate of drug-likeness (QED) is 0.749. The van der Waals surface area contributed by atoms with E-state index in [9.17, 15) is 13.2 Å². The molecule has 1 aromatic carbocycles. The third-order valence-corrected chi connectivity index (χ3v) is 5.45. The summed E-state index contributed by atoms with van der Waals surface area (Å²) in [6.07, 6.45) is 0.562. The van der Waals surface area contributed by atoms with Gasteiger partial charge in [-0.3, -0.25) is 4.99 Å². The molecule has 8 nitrogen and oxygen atoms in total. The maximum absolute atomic E-state index is 12.1. The molecular formula is C14H18N4O4S. The Balaban J connectivity index is 1.65. The SMILES string of the molecule is O=C(O)N1CCC(CN=C2Nc3ccccc3S(=O)(=O)N2)CC1. The van der Waals surface area contributed by atoms with E-state index in [0.29, 0.717) is 25.3 Å². The lowest BCUT2D eigenvalue weighted by atomic mass is 9.97. The molecule has 23 heavy (non-hydrogen) atoms. The Labute approximate surface area is 134 Å². The highest BCUT2D eigenvalue weighted by Crippen LogP contribution is 2.24. The first-order valence-corrected chi connectivity index (χ1v) is 8.85. The van der Waals surface area contributed by atoms with Crippen LogP contribution in [-0.2, 0) is 10.0 Å². The van der Waals surface area contributed by atoms with E-state index in [-0.39, 0.29) is 16.8 Å². The van der Waals surface area contributed by atoms with Crippen molar-refractivity contribution in [2.24, 2.45) is 10.9 Å². The van der Waals surface area contributed by atoms with Crippen molar-refractivity contribution in [3.05, 3.63) is 24.3 Å². The number of benzene rings is 1. The molecule has 0 radical (unpaired) electrons. The molecule has 0 aromatic heterocycles. The molecule has 2 aliphatic heterocycles. The molecule has 1 aromatic rings. The van der Waals surface area contributed by atoms with Crippen molar-refractivity contribution < 1.29 is 18.3 Å². The highest BCUT2D eigenvalue weighted by Gasteiger charge is 2.27. The summed E-state index contributed by atoms with van der Waals surface area (Å²) in [6.45, 7) is 1.44. The second-order valence-electron chi connectivity index (χ2n) is 5.63. The van der Waals surface area contributed by atoms with Gasteiger partial charge in [0.1, 0.15) is 4.90 Å². The summed E-state index contributed by atoms with van der Waals surface area (Å²) in [6, 6.07) is 6.64. The van der Waals surface area contributed by atoms with Crippen LogP contribution in [0.25, 0.3) is 0 Å². The number of likely N-dealkylation sites (tertiary alicyclic amines) is 1. The van der Waals surface area contributed by atoms with Crippen LogP contribution in [0.3, 0.4) is 0 Å². The van der Waals surface area contributed by atoms with Crippen molar-refractivity contribution in [2.75, 3.05) is 25.0 Å². The molecule has 0 unspecified atom stereocenters. The number of rotatable bonds is 2. The van der Waals surface area contributed by atoms with E-state index in [1.807, 2.05) is 0 Å². The summed E-state index contributed by atoms with van der Waals surface area (Å²) in [5.74, 6) is 0.464. The van der Waals surface area contributed by atoms with Crippen LogP contribution < -0.4 is 10.0 Å². The van der Waals surface area contributed by atoms with Gasteiger partial charge >= 0.3 is 6.09 Å². The van der Waals surface area contributed by atoms with E-state index >= 15 is 0 Å². The molecule has 3 rings (SSSR count). The first-order valence-electron chi connectivity index (χ1n) is 7.37. The number of anilines is 1. The maximum Gasteiger partial charge on any atom is 0.407 e. The van der Waals surface area contributed by atoms with Gasteiger partial charge in [0.2, 0.25) is 5.96 Å². The molecule has 3 N–H and O–H groups in total. The van der Waals surface area contributed by atoms with E-state index in [1.54, 1.807) is 18.2 Å². The van der Waals surface area contributed by atoms with E-state index in [4.69, 9.17) is 5.11 Å². The van der Waals surface area contributed by atoms with E-state index in [0.717, 1.165) is 12.8 Å². The fraction of sp³-hybridized carbons (Fsp3) is 0.429. The number of piperidine rings is 1. The minimum Gasteiger partial charge on any atom is -0.465 e. The van der Waals surface area contributed by atoms with Crippen molar-refractivity contribution in [1.29, 1.82) is 0 Å². The third-order valence-electron chi connectivity index (χ3n) is 4.05. The summed E-state index contributed by atoms with van der Waals surface area (Å²) in [4.78, 5) is 16.8. The van der Waals surface area contributed by atoms with Gasteiger partial charge in [0.25, 0.3) is 10.0 Å². The minimum atomic E-state index is -3.59. The molecule has 0 atom stereocenters. The molecule has 1 fully saturated rings. The number of guanidine groups is 1. The molecule has 0 aliphatic carbocycles. The zero-order chi connectivity index (χ0) is 16.4. The van der Waals surface area contributed by atoms with Crippen LogP contribution >= 0.6 is 0 Å². The van der Waals surface area contributed by atoms with Gasteiger partial charge in [-0.2, -0.15) is 0 Å². The molecule has 2 heterocycles. The van der Waals surface area contributed by atoms with Crippen LogP contribution in [0.1, 0.15) is 12.8 Å². The smallest absolute Gasteiger partial charge is 0.407 e. The lowest BCUT2D eigenvalue weighted by Crippen LogP contribution is -2.41. The molecule has 124 valence electrons. The number of hydrogen-bond acceptors (Lipinski definition) is 4. The number of carbonyl (C=O) groups is 1. The largest absolute Gasteiger partial charge is 0.465 e. The first-order chi connectivity index (χ1) is 11.0. The van der Waals surface area contributed by atoms with Crippen molar-refractivity contribution >= 4 is 27.8 Å². The van der Waals surface area contributed by atoms with Crippen LogP contribution in [0.5, 0.6) is 0 Å². The number of hydrogen-bond donors (Lipinski definition) is 3. The van der Waals surface area contributed by atoms with Gasteiger partial charge in [-0.05, 0) is 30.9 Å². The summed E-state index contributed by atoms with van der Waals surface area (Å²) in [5, 5.41) is 11.9. The molecular weight excluding hydrogens is 320 g/mol. The number of para-hydroxylation sites is 1. The molecule has 0 bridgehead atoms. The highest BCUT2D eigenvalue weighted by molar-refractivity contribution is 7.90. The number of nitrogens with zero attached hydrogens (tertiary/aromatic N) is 2. The Bertz CT molecular complexity index is 739. The summed E-state index contributed by atoms with van der Waals surface area (Å²) < 4.78 is 26.7. The van der Waals surface area contributed by atoms with Gasteiger partial charge in [0.15, 0.2) is 0 Å². The lowest BCUT2D eigenvalue weighted by molar-refractivity contribution is 0.125. The first kappa shape index (κ1) is 15.6. The number of amides is 1. The van der Waals surface area contributed by atoms with Gasteiger partial charge in [0, 0.05) is 19.6 Å². The van der Waals surface area contributed by atoms with Crippen LogP contribution in [-0.4, -0.2) is 50.1 Å². The number of sulfonamides is 1. The number of carboxylic acid groups (broad SMARTS) is 1. The molecule has 2 aliphatic rings. The molecule has 0 spiro atoms. The summed E-state index contributed by atoms with van der Waals surface area (Å²) in [7, 11) is -3.59. The topological polar surface area (TPSA) is 111 Å². The van der Waals surface area contributed by atoms with Gasteiger partial charge in [-0.1, -0.05) is 12.1 Å². The van der Waals surface area contributed by atoms with Crippen LogP contribution in [0.2, 0.25) is 0 Å². The molecule has 0 saturated carbocycles. The second kappa shape index (κ2) is 6.07. The zero-order valence-electron chi connectivity index (χ0n) is 12.4. The zero-order valence-corrected chi connectivity index (χ0v) is 13.2.